The van der Waals surface area contributed by atoms with Gasteiger partial charge in [-0.15, -0.1) is 0 Å². The number of hydrogen-bond acceptors (Lipinski definition) is 5. The summed E-state index contributed by atoms with van der Waals surface area (Å²) in [5.74, 6) is 0.294. The van der Waals surface area contributed by atoms with Crippen LogP contribution < -0.4 is 10.1 Å². The first-order chi connectivity index (χ1) is 10.6. The van der Waals surface area contributed by atoms with Crippen molar-refractivity contribution >= 4 is 11.8 Å². The van der Waals surface area contributed by atoms with E-state index in [1.807, 2.05) is 0 Å². The van der Waals surface area contributed by atoms with Crippen molar-refractivity contribution in [1.29, 1.82) is 0 Å². The SMILES string of the molecule is CNC(=O)c1cc(O[C@@H]2CCCN(C(=O)COC)C2)ccn1. The third-order valence-corrected chi connectivity index (χ3v) is 3.49. The van der Waals surface area contributed by atoms with Gasteiger partial charge in [0.05, 0.1) is 6.54 Å². The number of carbonyl (C=O) groups is 2. The fraction of sp³-hybridized carbons (Fsp3) is 0.533. The maximum Gasteiger partial charge on any atom is 0.269 e. The molecule has 0 spiro atoms. The zero-order chi connectivity index (χ0) is 15.9. The number of aromatic nitrogens is 1. The first-order valence-electron chi connectivity index (χ1n) is 7.25. The first-order valence-corrected chi connectivity index (χ1v) is 7.25. The van der Waals surface area contributed by atoms with Crippen LogP contribution in [0.2, 0.25) is 0 Å². The number of rotatable bonds is 5. The second-order valence-corrected chi connectivity index (χ2v) is 5.11. The Bertz CT molecular complexity index is 535. The van der Waals surface area contributed by atoms with E-state index in [-0.39, 0.29) is 24.5 Å². The zero-order valence-corrected chi connectivity index (χ0v) is 12.9. The minimum Gasteiger partial charge on any atom is -0.488 e. The molecule has 7 nitrogen and oxygen atoms in total. The lowest BCUT2D eigenvalue weighted by molar-refractivity contribution is -0.137. The van der Waals surface area contributed by atoms with Crippen molar-refractivity contribution in [2.75, 3.05) is 33.9 Å². The average Bonchev–Trinajstić information content (AvgIpc) is 2.55. The molecule has 120 valence electrons. The summed E-state index contributed by atoms with van der Waals surface area (Å²) in [7, 11) is 3.06. The lowest BCUT2D eigenvalue weighted by Gasteiger charge is -2.32. The number of pyridine rings is 1. The van der Waals surface area contributed by atoms with Crippen LogP contribution in [0.4, 0.5) is 0 Å². The number of amides is 2. The second-order valence-electron chi connectivity index (χ2n) is 5.11. The molecule has 0 aliphatic carbocycles. The van der Waals surface area contributed by atoms with Gasteiger partial charge in [-0.05, 0) is 18.9 Å². The normalized spacial score (nSPS) is 17.9. The van der Waals surface area contributed by atoms with E-state index in [9.17, 15) is 9.59 Å². The van der Waals surface area contributed by atoms with Gasteiger partial charge in [0, 0.05) is 33.0 Å². The number of hydrogen-bond donors (Lipinski definition) is 1. The predicted molar refractivity (Wildman–Crippen MR) is 79.7 cm³/mol. The Morgan fingerprint density at radius 1 is 1.50 bits per heavy atom. The molecule has 1 atom stereocenters. The maximum absolute atomic E-state index is 11.9. The standard InChI is InChI=1S/C15H21N3O4/c1-16-15(20)13-8-11(5-6-17-13)22-12-4-3-7-18(9-12)14(19)10-21-2/h5-6,8,12H,3-4,7,9-10H2,1-2H3,(H,16,20)/t12-/m1/s1. The maximum atomic E-state index is 11.9. The Balaban J connectivity index is 1.98. The number of carbonyl (C=O) groups excluding carboxylic acids is 2. The van der Waals surface area contributed by atoms with Crippen molar-refractivity contribution in [2.24, 2.45) is 0 Å². The van der Waals surface area contributed by atoms with Gasteiger partial charge in [0.15, 0.2) is 0 Å². The minimum absolute atomic E-state index is 0.0309. The van der Waals surface area contributed by atoms with Crippen LogP contribution in [0.5, 0.6) is 5.75 Å². The molecule has 2 heterocycles. The summed E-state index contributed by atoms with van der Waals surface area (Å²) in [5.41, 5.74) is 0.308. The topological polar surface area (TPSA) is 80.8 Å². The first kappa shape index (κ1) is 16.2. The zero-order valence-electron chi connectivity index (χ0n) is 12.9. The number of likely N-dealkylation sites (tertiary alicyclic amines) is 1. The van der Waals surface area contributed by atoms with Gasteiger partial charge in [0.2, 0.25) is 5.91 Å². The van der Waals surface area contributed by atoms with Gasteiger partial charge in [0.25, 0.3) is 5.91 Å². The number of ether oxygens (including phenoxy) is 2. The van der Waals surface area contributed by atoms with Gasteiger partial charge in [-0.3, -0.25) is 14.6 Å². The predicted octanol–water partition coefficient (Wildman–Crippen LogP) is 0.457. The van der Waals surface area contributed by atoms with E-state index in [1.54, 1.807) is 24.1 Å². The highest BCUT2D eigenvalue weighted by Crippen LogP contribution is 2.19. The van der Waals surface area contributed by atoms with Gasteiger partial charge in [-0.25, -0.2) is 0 Å². The van der Waals surface area contributed by atoms with E-state index in [1.165, 1.54) is 13.3 Å². The van der Waals surface area contributed by atoms with Crippen LogP contribution in [0.15, 0.2) is 18.3 Å². The molecule has 1 aromatic heterocycles. The van der Waals surface area contributed by atoms with Gasteiger partial charge in [-0.1, -0.05) is 0 Å². The lowest BCUT2D eigenvalue weighted by atomic mass is 10.1. The fourth-order valence-corrected chi connectivity index (χ4v) is 2.40. The molecule has 1 aromatic rings. The summed E-state index contributed by atoms with van der Waals surface area (Å²) in [6.07, 6.45) is 3.20. The van der Waals surface area contributed by atoms with Crippen molar-refractivity contribution < 1.29 is 19.1 Å². The summed E-state index contributed by atoms with van der Waals surface area (Å²) < 4.78 is 10.8. The van der Waals surface area contributed by atoms with Crippen molar-refractivity contribution in [3.05, 3.63) is 24.0 Å². The van der Waals surface area contributed by atoms with Crippen LogP contribution >= 0.6 is 0 Å². The molecular formula is C15H21N3O4. The summed E-state index contributed by atoms with van der Waals surface area (Å²) in [6, 6.07) is 3.32. The Labute approximate surface area is 129 Å². The Hall–Kier alpha value is -2.15. The number of nitrogens with zero attached hydrogens (tertiary/aromatic N) is 2. The Kier molecular flexibility index (Phi) is 5.71. The monoisotopic (exact) mass is 307 g/mol. The summed E-state index contributed by atoms with van der Waals surface area (Å²) >= 11 is 0. The Morgan fingerprint density at radius 3 is 3.05 bits per heavy atom. The molecule has 1 aliphatic rings. The molecule has 1 aliphatic heterocycles. The largest absolute Gasteiger partial charge is 0.488 e. The lowest BCUT2D eigenvalue weighted by Crippen LogP contribution is -2.45. The molecule has 2 amide bonds. The molecule has 0 bridgehead atoms. The summed E-state index contributed by atoms with van der Waals surface area (Å²) in [6.45, 7) is 1.34. The van der Waals surface area contributed by atoms with Crippen LogP contribution in [0.1, 0.15) is 23.3 Å². The highest BCUT2D eigenvalue weighted by Gasteiger charge is 2.24. The third-order valence-electron chi connectivity index (χ3n) is 3.49. The van der Waals surface area contributed by atoms with E-state index in [0.717, 1.165) is 19.4 Å². The van der Waals surface area contributed by atoms with Crippen LogP contribution in [0.25, 0.3) is 0 Å². The molecule has 2 rings (SSSR count). The van der Waals surface area contributed by atoms with Crippen molar-refractivity contribution in [1.82, 2.24) is 15.2 Å². The van der Waals surface area contributed by atoms with Crippen LogP contribution in [0, 0.1) is 0 Å². The van der Waals surface area contributed by atoms with Gasteiger partial charge in [0.1, 0.15) is 24.2 Å². The van der Waals surface area contributed by atoms with E-state index in [2.05, 4.69) is 10.3 Å². The van der Waals surface area contributed by atoms with Crippen molar-refractivity contribution in [3.8, 4) is 5.75 Å². The number of methoxy groups -OCH3 is 1. The smallest absolute Gasteiger partial charge is 0.269 e. The van der Waals surface area contributed by atoms with Crippen LogP contribution in [-0.4, -0.2) is 61.7 Å². The highest BCUT2D eigenvalue weighted by molar-refractivity contribution is 5.92. The van der Waals surface area contributed by atoms with Crippen molar-refractivity contribution in [3.63, 3.8) is 0 Å². The van der Waals surface area contributed by atoms with Crippen molar-refractivity contribution in [2.45, 2.75) is 18.9 Å². The number of piperidine rings is 1. The van der Waals surface area contributed by atoms with Crippen LogP contribution in [0.3, 0.4) is 0 Å². The van der Waals surface area contributed by atoms with Gasteiger partial charge >= 0.3 is 0 Å². The van der Waals surface area contributed by atoms with Crippen LogP contribution in [-0.2, 0) is 9.53 Å². The molecule has 1 N–H and O–H groups in total. The second kappa shape index (κ2) is 7.74. The quantitative estimate of drug-likeness (QED) is 0.854. The van der Waals surface area contributed by atoms with E-state index >= 15 is 0 Å². The molecule has 0 radical (unpaired) electrons. The molecule has 0 unspecified atom stereocenters. The third kappa shape index (κ3) is 4.17. The Morgan fingerprint density at radius 2 is 2.32 bits per heavy atom. The summed E-state index contributed by atoms with van der Waals surface area (Å²) in [5, 5.41) is 2.52. The molecule has 1 saturated heterocycles. The highest BCUT2D eigenvalue weighted by atomic mass is 16.5. The van der Waals surface area contributed by atoms with E-state index in [0.29, 0.717) is 18.0 Å². The molecular weight excluding hydrogens is 286 g/mol. The molecule has 0 saturated carbocycles. The molecule has 0 aromatic carbocycles. The van der Waals surface area contributed by atoms with E-state index < -0.39 is 0 Å². The minimum atomic E-state index is -0.258. The molecule has 7 heteroatoms. The fourth-order valence-electron chi connectivity index (χ4n) is 2.40. The molecule has 1 fully saturated rings. The summed E-state index contributed by atoms with van der Waals surface area (Å²) in [4.78, 5) is 29.2. The van der Waals surface area contributed by atoms with E-state index in [4.69, 9.17) is 9.47 Å². The molecule has 22 heavy (non-hydrogen) atoms. The van der Waals surface area contributed by atoms with Gasteiger partial charge < -0.3 is 19.7 Å². The average molecular weight is 307 g/mol. The van der Waals surface area contributed by atoms with Gasteiger partial charge in [-0.2, -0.15) is 0 Å². The number of nitrogens with one attached hydrogen (secondary N) is 1.